The summed E-state index contributed by atoms with van der Waals surface area (Å²) in [6, 6.07) is 9.94. The first-order valence-corrected chi connectivity index (χ1v) is 5.67. The quantitative estimate of drug-likeness (QED) is 0.532. The van der Waals surface area contributed by atoms with E-state index < -0.39 is 5.97 Å². The van der Waals surface area contributed by atoms with Crippen LogP contribution in [0.25, 0.3) is 22.1 Å². The first-order valence-electron chi connectivity index (χ1n) is 5.67. The number of nitrogens with zero attached hydrogens (tertiary/aromatic N) is 2. The molecule has 3 rings (SSSR count). The minimum Gasteiger partial charge on any atom is -0.506 e. The smallest absolute Gasteiger partial charge is 0.337 e. The highest BCUT2D eigenvalue weighted by atomic mass is 16.5. The van der Waals surface area contributed by atoms with Crippen molar-refractivity contribution in [2.75, 3.05) is 7.11 Å². The molecule has 94 valence electrons. The van der Waals surface area contributed by atoms with Crippen molar-refractivity contribution in [2.24, 2.45) is 0 Å². The third kappa shape index (κ3) is 1.85. The van der Waals surface area contributed by atoms with Crippen molar-refractivity contribution in [3.63, 3.8) is 0 Å². The zero-order valence-electron chi connectivity index (χ0n) is 10.1. The maximum atomic E-state index is 11.5. The number of ether oxygens (including phenoxy) is 1. The zero-order chi connectivity index (χ0) is 13.4. The summed E-state index contributed by atoms with van der Waals surface area (Å²) in [6.07, 6.45) is 0. The minimum atomic E-state index is -0.417. The molecule has 0 saturated carbocycles. The fraction of sp³-hybridized carbons (Fsp3) is 0.0714. The van der Waals surface area contributed by atoms with Crippen molar-refractivity contribution in [1.82, 2.24) is 9.97 Å². The van der Waals surface area contributed by atoms with E-state index in [2.05, 4.69) is 14.7 Å². The molecule has 0 aliphatic rings. The van der Waals surface area contributed by atoms with Crippen LogP contribution in [-0.2, 0) is 4.74 Å². The van der Waals surface area contributed by atoms with Crippen LogP contribution in [0, 0.1) is 0 Å². The van der Waals surface area contributed by atoms with Gasteiger partial charge in [0.1, 0.15) is 11.3 Å². The number of carbonyl (C=O) groups excluding carboxylic acids is 1. The molecular weight excluding hydrogens is 244 g/mol. The highest BCUT2D eigenvalue weighted by Gasteiger charge is 2.09. The number of aromatic nitrogens is 2. The van der Waals surface area contributed by atoms with Crippen LogP contribution < -0.4 is 0 Å². The fourth-order valence-corrected chi connectivity index (χ4v) is 1.93. The summed E-state index contributed by atoms with van der Waals surface area (Å²) >= 11 is 0. The van der Waals surface area contributed by atoms with Crippen LogP contribution in [0.2, 0.25) is 0 Å². The topological polar surface area (TPSA) is 72.3 Å². The SMILES string of the molecule is COC(=O)c1ccc2nc3c(O)cccc3nc2c1. The molecule has 0 bridgehead atoms. The number of phenolic OH excluding ortho intramolecular Hbond substituents is 1. The van der Waals surface area contributed by atoms with E-state index in [-0.39, 0.29) is 5.75 Å². The number of para-hydroxylation sites is 1. The summed E-state index contributed by atoms with van der Waals surface area (Å²) in [5.41, 5.74) is 2.64. The molecule has 0 unspecified atom stereocenters. The molecule has 0 saturated heterocycles. The maximum Gasteiger partial charge on any atom is 0.337 e. The Morgan fingerprint density at radius 1 is 1.11 bits per heavy atom. The molecule has 0 fully saturated rings. The Bertz CT molecular complexity index is 799. The lowest BCUT2D eigenvalue weighted by Crippen LogP contribution is -2.01. The number of methoxy groups -OCH3 is 1. The first kappa shape index (κ1) is 11.4. The maximum absolute atomic E-state index is 11.5. The van der Waals surface area contributed by atoms with Gasteiger partial charge >= 0.3 is 5.97 Å². The van der Waals surface area contributed by atoms with Gasteiger partial charge < -0.3 is 9.84 Å². The molecule has 0 aliphatic carbocycles. The number of fused-ring (bicyclic) bond motifs is 2. The Morgan fingerprint density at radius 3 is 2.74 bits per heavy atom. The van der Waals surface area contributed by atoms with Gasteiger partial charge in [0, 0.05) is 0 Å². The highest BCUT2D eigenvalue weighted by Crippen LogP contribution is 2.24. The minimum absolute atomic E-state index is 0.0870. The van der Waals surface area contributed by atoms with E-state index in [0.717, 1.165) is 0 Å². The normalized spacial score (nSPS) is 10.8. The lowest BCUT2D eigenvalue weighted by atomic mass is 10.2. The van der Waals surface area contributed by atoms with E-state index in [1.807, 2.05) is 0 Å². The summed E-state index contributed by atoms with van der Waals surface area (Å²) in [6.45, 7) is 0. The number of benzene rings is 2. The molecule has 0 amide bonds. The van der Waals surface area contributed by atoms with Crippen LogP contribution >= 0.6 is 0 Å². The molecule has 2 aromatic carbocycles. The van der Waals surface area contributed by atoms with Gasteiger partial charge in [-0.25, -0.2) is 14.8 Å². The van der Waals surface area contributed by atoms with Gasteiger partial charge in [0.25, 0.3) is 0 Å². The van der Waals surface area contributed by atoms with Gasteiger partial charge in [0.15, 0.2) is 0 Å². The first-order chi connectivity index (χ1) is 9.19. The van der Waals surface area contributed by atoms with Crippen molar-refractivity contribution in [3.8, 4) is 5.75 Å². The molecule has 1 N–H and O–H groups in total. The van der Waals surface area contributed by atoms with E-state index in [1.54, 1.807) is 36.4 Å². The van der Waals surface area contributed by atoms with Crippen LogP contribution in [0.1, 0.15) is 10.4 Å². The zero-order valence-corrected chi connectivity index (χ0v) is 10.1. The fourth-order valence-electron chi connectivity index (χ4n) is 1.93. The predicted octanol–water partition coefficient (Wildman–Crippen LogP) is 2.28. The van der Waals surface area contributed by atoms with Crippen LogP contribution in [0.4, 0.5) is 0 Å². The molecule has 19 heavy (non-hydrogen) atoms. The average molecular weight is 254 g/mol. The predicted molar refractivity (Wildman–Crippen MR) is 70.0 cm³/mol. The second-order valence-electron chi connectivity index (χ2n) is 4.06. The lowest BCUT2D eigenvalue weighted by Gasteiger charge is -2.04. The van der Waals surface area contributed by atoms with Crippen LogP contribution in [0.5, 0.6) is 5.75 Å². The summed E-state index contributed by atoms with van der Waals surface area (Å²) in [5, 5.41) is 9.73. The van der Waals surface area contributed by atoms with Crippen molar-refractivity contribution in [1.29, 1.82) is 0 Å². The van der Waals surface area contributed by atoms with Gasteiger partial charge in [0.2, 0.25) is 0 Å². The van der Waals surface area contributed by atoms with E-state index in [4.69, 9.17) is 0 Å². The van der Waals surface area contributed by atoms with Gasteiger partial charge in [-0.3, -0.25) is 0 Å². The van der Waals surface area contributed by atoms with Crippen LogP contribution in [0.15, 0.2) is 36.4 Å². The van der Waals surface area contributed by atoms with Crippen molar-refractivity contribution in [2.45, 2.75) is 0 Å². The molecular formula is C14H10N2O3. The van der Waals surface area contributed by atoms with Crippen molar-refractivity contribution in [3.05, 3.63) is 42.0 Å². The molecule has 0 radical (unpaired) electrons. The Labute approximate surface area is 108 Å². The Balaban J connectivity index is 2.29. The number of aromatic hydroxyl groups is 1. The number of hydrogen-bond acceptors (Lipinski definition) is 5. The molecule has 5 heteroatoms. The van der Waals surface area contributed by atoms with Crippen LogP contribution in [-0.4, -0.2) is 28.2 Å². The number of carbonyl (C=O) groups is 1. The average Bonchev–Trinajstić information content (AvgIpc) is 2.44. The molecule has 0 atom stereocenters. The Kier molecular flexibility index (Phi) is 2.52. The van der Waals surface area contributed by atoms with E-state index in [9.17, 15) is 9.90 Å². The van der Waals surface area contributed by atoms with Gasteiger partial charge in [-0.05, 0) is 30.3 Å². The Morgan fingerprint density at radius 2 is 1.95 bits per heavy atom. The summed E-state index contributed by atoms with van der Waals surface area (Å²) in [7, 11) is 1.33. The molecule has 5 nitrogen and oxygen atoms in total. The molecule has 1 heterocycles. The molecule has 0 aliphatic heterocycles. The van der Waals surface area contributed by atoms with Crippen LogP contribution in [0.3, 0.4) is 0 Å². The van der Waals surface area contributed by atoms with Gasteiger partial charge in [-0.1, -0.05) is 6.07 Å². The third-order valence-electron chi connectivity index (χ3n) is 2.86. The number of phenols is 1. The number of hydrogen-bond donors (Lipinski definition) is 1. The van der Waals surface area contributed by atoms with Crippen molar-refractivity contribution >= 4 is 28.0 Å². The highest BCUT2D eigenvalue weighted by molar-refractivity contribution is 5.95. The van der Waals surface area contributed by atoms with E-state index in [0.29, 0.717) is 27.6 Å². The monoisotopic (exact) mass is 254 g/mol. The molecule has 1 aromatic heterocycles. The second-order valence-corrected chi connectivity index (χ2v) is 4.06. The van der Waals surface area contributed by atoms with E-state index in [1.165, 1.54) is 7.11 Å². The largest absolute Gasteiger partial charge is 0.506 e. The van der Waals surface area contributed by atoms with Gasteiger partial charge in [-0.2, -0.15) is 0 Å². The van der Waals surface area contributed by atoms with Crippen molar-refractivity contribution < 1.29 is 14.6 Å². The molecule has 3 aromatic rings. The van der Waals surface area contributed by atoms with E-state index >= 15 is 0 Å². The van der Waals surface area contributed by atoms with Gasteiger partial charge in [-0.15, -0.1) is 0 Å². The standard InChI is InChI=1S/C14H10N2O3/c1-19-14(18)8-5-6-9-11(7-8)15-10-3-2-4-12(17)13(10)16-9/h2-7,17H,1H3. The summed E-state index contributed by atoms with van der Waals surface area (Å²) in [5.74, 6) is -0.330. The number of esters is 1. The number of rotatable bonds is 1. The Hall–Kier alpha value is -2.69. The second kappa shape index (κ2) is 4.20. The van der Waals surface area contributed by atoms with Gasteiger partial charge in [0.05, 0.1) is 29.2 Å². The third-order valence-corrected chi connectivity index (χ3v) is 2.86. The summed E-state index contributed by atoms with van der Waals surface area (Å²) in [4.78, 5) is 20.2. The lowest BCUT2D eigenvalue weighted by molar-refractivity contribution is 0.0601. The summed E-state index contributed by atoms with van der Waals surface area (Å²) < 4.78 is 4.66. The molecule has 0 spiro atoms.